The summed E-state index contributed by atoms with van der Waals surface area (Å²) >= 11 is 0. The van der Waals surface area contributed by atoms with Crippen molar-refractivity contribution in [1.29, 1.82) is 0 Å². The number of nitrogens with one attached hydrogen (secondary N) is 3. The summed E-state index contributed by atoms with van der Waals surface area (Å²) in [6.45, 7) is 6.59. The van der Waals surface area contributed by atoms with Crippen LogP contribution in [-0.2, 0) is 6.42 Å². The van der Waals surface area contributed by atoms with E-state index < -0.39 is 0 Å². The molecule has 5 heteroatoms. The van der Waals surface area contributed by atoms with Crippen molar-refractivity contribution in [2.24, 2.45) is 5.92 Å². The van der Waals surface area contributed by atoms with Gasteiger partial charge < -0.3 is 14.8 Å². The van der Waals surface area contributed by atoms with Gasteiger partial charge in [-0.25, -0.2) is 0 Å². The first kappa shape index (κ1) is 13.7. The van der Waals surface area contributed by atoms with Gasteiger partial charge in [0.25, 0.3) is 0 Å². The van der Waals surface area contributed by atoms with E-state index in [0.29, 0.717) is 25.2 Å². The molecule has 20 heavy (non-hydrogen) atoms. The molecule has 0 bridgehead atoms. The Morgan fingerprint density at radius 1 is 1.25 bits per heavy atom. The summed E-state index contributed by atoms with van der Waals surface area (Å²) in [5.74, 6) is 2.41. The highest BCUT2D eigenvalue weighted by atomic mass is 16.6. The molecule has 0 amide bonds. The minimum Gasteiger partial charge on any atom is -0.486 e. The Morgan fingerprint density at radius 3 is 2.90 bits per heavy atom. The average Bonchev–Trinajstić information content (AvgIpc) is 2.89. The van der Waals surface area contributed by atoms with Gasteiger partial charge in [0.15, 0.2) is 11.5 Å². The molecule has 2 atom stereocenters. The molecule has 110 valence electrons. The van der Waals surface area contributed by atoms with Gasteiger partial charge in [-0.15, -0.1) is 0 Å². The van der Waals surface area contributed by atoms with E-state index in [4.69, 9.17) is 9.47 Å². The molecular weight excluding hydrogens is 254 g/mol. The van der Waals surface area contributed by atoms with Gasteiger partial charge in [-0.3, -0.25) is 10.9 Å². The Kier molecular flexibility index (Phi) is 4.40. The van der Waals surface area contributed by atoms with Crippen molar-refractivity contribution in [3.05, 3.63) is 23.8 Å². The lowest BCUT2D eigenvalue weighted by Crippen LogP contribution is -2.33. The van der Waals surface area contributed by atoms with Crippen molar-refractivity contribution >= 4 is 0 Å². The lowest BCUT2D eigenvalue weighted by atomic mass is 10.0. The maximum Gasteiger partial charge on any atom is 0.161 e. The minimum atomic E-state index is 0.539. The summed E-state index contributed by atoms with van der Waals surface area (Å²) in [5.41, 5.74) is 7.73. The Bertz CT molecular complexity index is 453. The van der Waals surface area contributed by atoms with Crippen LogP contribution < -0.4 is 25.6 Å². The zero-order valence-electron chi connectivity index (χ0n) is 11.9. The lowest BCUT2D eigenvalue weighted by Gasteiger charge is -2.19. The first-order valence-corrected chi connectivity index (χ1v) is 7.40. The number of hydrazine groups is 1. The quantitative estimate of drug-likeness (QED) is 0.692. The van der Waals surface area contributed by atoms with E-state index in [1.165, 1.54) is 5.56 Å². The molecule has 2 aliphatic rings. The first-order chi connectivity index (χ1) is 9.83. The highest BCUT2D eigenvalue weighted by Gasteiger charge is 2.21. The van der Waals surface area contributed by atoms with Crippen LogP contribution in [-0.4, -0.2) is 38.9 Å². The zero-order valence-corrected chi connectivity index (χ0v) is 11.9. The molecule has 2 aliphatic heterocycles. The normalized spacial score (nSPS) is 24.9. The van der Waals surface area contributed by atoms with Crippen LogP contribution in [0.4, 0.5) is 0 Å². The van der Waals surface area contributed by atoms with E-state index in [1.807, 2.05) is 6.07 Å². The number of hydrogen-bond donors (Lipinski definition) is 3. The van der Waals surface area contributed by atoms with Crippen LogP contribution in [0.15, 0.2) is 18.2 Å². The molecule has 1 aromatic rings. The topological polar surface area (TPSA) is 54.5 Å². The van der Waals surface area contributed by atoms with E-state index in [-0.39, 0.29) is 0 Å². The summed E-state index contributed by atoms with van der Waals surface area (Å²) in [5, 5.41) is 3.53. The third kappa shape index (κ3) is 3.23. The number of rotatable bonds is 5. The van der Waals surface area contributed by atoms with E-state index >= 15 is 0 Å². The van der Waals surface area contributed by atoms with Crippen LogP contribution in [0.1, 0.15) is 12.5 Å². The Morgan fingerprint density at radius 2 is 2.10 bits per heavy atom. The van der Waals surface area contributed by atoms with E-state index in [0.717, 1.165) is 37.6 Å². The molecule has 0 radical (unpaired) electrons. The SMILES string of the molecule is CC1NNCC1CNCCc1ccc2c(c1)OCCO2. The van der Waals surface area contributed by atoms with Gasteiger partial charge in [0.2, 0.25) is 0 Å². The van der Waals surface area contributed by atoms with E-state index in [1.54, 1.807) is 0 Å². The van der Waals surface area contributed by atoms with Crippen molar-refractivity contribution in [3.63, 3.8) is 0 Å². The smallest absolute Gasteiger partial charge is 0.161 e. The highest BCUT2D eigenvalue weighted by Crippen LogP contribution is 2.30. The van der Waals surface area contributed by atoms with Crippen molar-refractivity contribution in [2.45, 2.75) is 19.4 Å². The Balaban J connectivity index is 1.44. The van der Waals surface area contributed by atoms with Crippen molar-refractivity contribution in [3.8, 4) is 11.5 Å². The summed E-state index contributed by atoms with van der Waals surface area (Å²) in [7, 11) is 0. The predicted octanol–water partition coefficient (Wildman–Crippen LogP) is 0.702. The second-order valence-electron chi connectivity index (χ2n) is 5.51. The van der Waals surface area contributed by atoms with Gasteiger partial charge in [-0.05, 0) is 37.6 Å². The predicted molar refractivity (Wildman–Crippen MR) is 78.1 cm³/mol. The maximum atomic E-state index is 5.60. The monoisotopic (exact) mass is 277 g/mol. The highest BCUT2D eigenvalue weighted by molar-refractivity contribution is 5.43. The van der Waals surface area contributed by atoms with Gasteiger partial charge >= 0.3 is 0 Å². The third-order valence-corrected chi connectivity index (χ3v) is 4.00. The van der Waals surface area contributed by atoms with Crippen molar-refractivity contribution in [1.82, 2.24) is 16.2 Å². The van der Waals surface area contributed by atoms with E-state index in [2.05, 4.69) is 35.2 Å². The van der Waals surface area contributed by atoms with E-state index in [9.17, 15) is 0 Å². The minimum absolute atomic E-state index is 0.539. The van der Waals surface area contributed by atoms with Crippen LogP contribution >= 0.6 is 0 Å². The second-order valence-corrected chi connectivity index (χ2v) is 5.51. The molecule has 5 nitrogen and oxygen atoms in total. The fourth-order valence-corrected chi connectivity index (χ4v) is 2.66. The van der Waals surface area contributed by atoms with Crippen LogP contribution in [0, 0.1) is 5.92 Å². The van der Waals surface area contributed by atoms with Crippen molar-refractivity contribution in [2.75, 3.05) is 32.8 Å². The average molecular weight is 277 g/mol. The zero-order chi connectivity index (χ0) is 13.8. The second kappa shape index (κ2) is 6.43. The maximum absolute atomic E-state index is 5.60. The van der Waals surface area contributed by atoms with Crippen LogP contribution in [0.25, 0.3) is 0 Å². The number of fused-ring (bicyclic) bond motifs is 1. The summed E-state index contributed by atoms with van der Waals surface area (Å²) in [6, 6.07) is 6.77. The van der Waals surface area contributed by atoms with Crippen LogP contribution in [0.3, 0.4) is 0 Å². The molecule has 3 rings (SSSR count). The van der Waals surface area contributed by atoms with Gasteiger partial charge in [0.05, 0.1) is 0 Å². The largest absolute Gasteiger partial charge is 0.486 e. The fraction of sp³-hybridized carbons (Fsp3) is 0.600. The molecule has 2 unspecified atom stereocenters. The first-order valence-electron chi connectivity index (χ1n) is 7.40. The molecule has 3 N–H and O–H groups in total. The molecule has 0 aromatic heterocycles. The molecular formula is C15H23N3O2. The standard InChI is InChI=1S/C15H23N3O2/c1-11-13(10-17-18-11)9-16-5-4-12-2-3-14-15(8-12)20-7-6-19-14/h2-3,8,11,13,16-18H,4-7,9-10H2,1H3. The third-order valence-electron chi connectivity index (χ3n) is 4.00. The number of hydrogen-bond acceptors (Lipinski definition) is 5. The summed E-state index contributed by atoms with van der Waals surface area (Å²) in [4.78, 5) is 0. The van der Waals surface area contributed by atoms with Crippen molar-refractivity contribution < 1.29 is 9.47 Å². The van der Waals surface area contributed by atoms with Gasteiger partial charge in [0.1, 0.15) is 13.2 Å². The molecule has 0 saturated carbocycles. The summed E-state index contributed by atoms with van der Waals surface area (Å²) < 4.78 is 11.1. The molecule has 1 aromatic carbocycles. The summed E-state index contributed by atoms with van der Waals surface area (Å²) in [6.07, 6.45) is 1.01. The Labute approximate surface area is 120 Å². The molecule has 1 fully saturated rings. The fourth-order valence-electron chi connectivity index (χ4n) is 2.66. The lowest BCUT2D eigenvalue weighted by molar-refractivity contribution is 0.171. The Hall–Kier alpha value is -1.30. The van der Waals surface area contributed by atoms with Crippen LogP contribution in [0.2, 0.25) is 0 Å². The van der Waals surface area contributed by atoms with Crippen LogP contribution in [0.5, 0.6) is 11.5 Å². The number of benzene rings is 1. The molecule has 0 aliphatic carbocycles. The molecule has 2 heterocycles. The van der Waals surface area contributed by atoms with Gasteiger partial charge in [-0.1, -0.05) is 6.07 Å². The number of ether oxygens (including phenoxy) is 2. The molecule has 0 spiro atoms. The van der Waals surface area contributed by atoms with Gasteiger partial charge in [-0.2, -0.15) is 0 Å². The molecule has 1 saturated heterocycles. The van der Waals surface area contributed by atoms with Gasteiger partial charge in [0, 0.05) is 25.0 Å².